The lowest BCUT2D eigenvalue weighted by Gasteiger charge is -2.14. The summed E-state index contributed by atoms with van der Waals surface area (Å²) >= 11 is 0. The molecule has 0 spiro atoms. The van der Waals surface area contributed by atoms with Crippen molar-refractivity contribution >= 4 is 33.6 Å². The third-order valence-electron chi connectivity index (χ3n) is 3.97. The number of benzene rings is 2. The number of sulfonamides is 1. The van der Waals surface area contributed by atoms with E-state index in [-0.39, 0.29) is 10.5 Å². The van der Waals surface area contributed by atoms with Gasteiger partial charge in [0.1, 0.15) is 11.8 Å². The number of nitrogens with one attached hydrogen (secondary N) is 2. The second kappa shape index (κ2) is 10.5. The number of anilines is 1. The highest BCUT2D eigenvalue weighted by Crippen LogP contribution is 2.16. The van der Waals surface area contributed by atoms with Crippen LogP contribution in [-0.4, -0.2) is 53.1 Å². The Labute approximate surface area is 179 Å². The minimum Gasteiger partial charge on any atom is -0.497 e. The number of methoxy groups -OCH3 is 2. The predicted molar refractivity (Wildman–Crippen MR) is 110 cm³/mol. The first-order valence-corrected chi connectivity index (χ1v) is 10.5. The van der Waals surface area contributed by atoms with Crippen LogP contribution in [0.4, 0.5) is 5.69 Å². The Morgan fingerprint density at radius 3 is 2.32 bits per heavy atom. The van der Waals surface area contributed by atoms with E-state index < -0.39 is 40.5 Å². The molecule has 166 valence electrons. The summed E-state index contributed by atoms with van der Waals surface area (Å²) in [5.41, 5.74) is 0.538. The third kappa shape index (κ3) is 6.79. The number of amides is 1. The molecule has 1 atom stereocenters. The van der Waals surface area contributed by atoms with Gasteiger partial charge in [-0.3, -0.25) is 9.59 Å². The Kier molecular flexibility index (Phi) is 8.11. The Hall–Kier alpha value is -3.44. The van der Waals surface area contributed by atoms with E-state index in [9.17, 15) is 22.8 Å². The normalized spacial score (nSPS) is 11.8. The van der Waals surface area contributed by atoms with Crippen molar-refractivity contribution in [2.75, 3.05) is 26.1 Å². The quantitative estimate of drug-likeness (QED) is 0.546. The SMILES string of the molecule is COC(=O)c1cccc(NC(=O)COC(=O)C(C)NS(=O)(=O)c2ccc(OC)cc2)c1. The molecule has 0 radical (unpaired) electrons. The summed E-state index contributed by atoms with van der Waals surface area (Å²) in [5, 5.41) is 2.47. The molecule has 11 heteroatoms. The fourth-order valence-corrected chi connectivity index (χ4v) is 3.60. The van der Waals surface area contributed by atoms with Crippen LogP contribution in [-0.2, 0) is 29.1 Å². The Bertz CT molecular complexity index is 1050. The Balaban J connectivity index is 1.89. The maximum absolute atomic E-state index is 12.4. The summed E-state index contributed by atoms with van der Waals surface area (Å²) in [6.45, 7) is 0.650. The lowest BCUT2D eigenvalue weighted by atomic mass is 10.2. The molecule has 10 nitrogen and oxygen atoms in total. The van der Waals surface area contributed by atoms with Gasteiger partial charge in [0.15, 0.2) is 6.61 Å². The van der Waals surface area contributed by atoms with Crippen LogP contribution in [0.15, 0.2) is 53.4 Å². The second-order valence-electron chi connectivity index (χ2n) is 6.25. The van der Waals surface area contributed by atoms with Crippen LogP contribution in [0, 0.1) is 0 Å². The van der Waals surface area contributed by atoms with Crippen LogP contribution >= 0.6 is 0 Å². The second-order valence-corrected chi connectivity index (χ2v) is 7.96. The number of ether oxygens (including phenoxy) is 3. The lowest BCUT2D eigenvalue weighted by molar-refractivity contribution is -0.148. The van der Waals surface area contributed by atoms with Gasteiger partial charge in [-0.05, 0) is 49.4 Å². The van der Waals surface area contributed by atoms with Crippen LogP contribution in [0.1, 0.15) is 17.3 Å². The molecule has 2 aromatic rings. The van der Waals surface area contributed by atoms with Gasteiger partial charge in [-0.1, -0.05) is 6.07 Å². The number of rotatable bonds is 9. The smallest absolute Gasteiger partial charge is 0.337 e. The van der Waals surface area contributed by atoms with Gasteiger partial charge in [0.05, 0.1) is 24.7 Å². The molecule has 2 aromatic carbocycles. The molecular weight excluding hydrogens is 428 g/mol. The molecule has 0 saturated heterocycles. The van der Waals surface area contributed by atoms with Crippen molar-refractivity contribution in [2.24, 2.45) is 0 Å². The minimum absolute atomic E-state index is 0.0591. The summed E-state index contributed by atoms with van der Waals surface area (Å²) < 4.78 is 41.3. The maximum atomic E-state index is 12.4. The molecule has 0 saturated carbocycles. The van der Waals surface area contributed by atoms with Gasteiger partial charge in [-0.15, -0.1) is 0 Å². The van der Waals surface area contributed by atoms with E-state index in [0.29, 0.717) is 11.4 Å². The van der Waals surface area contributed by atoms with Gasteiger partial charge in [0, 0.05) is 5.69 Å². The molecule has 0 bridgehead atoms. The Morgan fingerprint density at radius 2 is 1.71 bits per heavy atom. The highest BCUT2D eigenvalue weighted by Gasteiger charge is 2.24. The minimum atomic E-state index is -3.98. The van der Waals surface area contributed by atoms with Crippen molar-refractivity contribution in [1.29, 1.82) is 0 Å². The third-order valence-corrected chi connectivity index (χ3v) is 5.52. The largest absolute Gasteiger partial charge is 0.497 e. The van der Waals surface area contributed by atoms with Crippen LogP contribution in [0.25, 0.3) is 0 Å². The Morgan fingerprint density at radius 1 is 1.03 bits per heavy atom. The maximum Gasteiger partial charge on any atom is 0.337 e. The van der Waals surface area contributed by atoms with Gasteiger partial charge >= 0.3 is 11.9 Å². The van der Waals surface area contributed by atoms with Gasteiger partial charge < -0.3 is 19.5 Å². The molecule has 0 aromatic heterocycles. The molecule has 1 unspecified atom stereocenters. The van der Waals surface area contributed by atoms with Gasteiger partial charge in [0.25, 0.3) is 5.91 Å². The average molecular weight is 450 g/mol. The van der Waals surface area contributed by atoms with Crippen molar-refractivity contribution in [3.05, 3.63) is 54.1 Å². The van der Waals surface area contributed by atoms with E-state index in [0.717, 1.165) is 0 Å². The van der Waals surface area contributed by atoms with Crippen molar-refractivity contribution in [1.82, 2.24) is 4.72 Å². The molecule has 31 heavy (non-hydrogen) atoms. The zero-order valence-electron chi connectivity index (χ0n) is 17.1. The summed E-state index contributed by atoms with van der Waals surface area (Å²) in [6, 6.07) is 10.4. The van der Waals surface area contributed by atoms with Crippen LogP contribution < -0.4 is 14.8 Å². The highest BCUT2D eigenvalue weighted by molar-refractivity contribution is 7.89. The van der Waals surface area contributed by atoms with E-state index in [4.69, 9.17) is 9.47 Å². The standard InChI is InChI=1S/C20H22N2O8S/c1-13(22-31(26,27)17-9-7-16(28-2)8-10-17)19(24)30-12-18(23)21-15-6-4-5-14(11-15)20(25)29-3/h4-11,13,22H,12H2,1-3H3,(H,21,23). The summed E-state index contributed by atoms with van der Waals surface area (Å²) in [6.07, 6.45) is 0. The molecule has 0 aliphatic carbocycles. The number of hydrogen-bond acceptors (Lipinski definition) is 8. The first-order chi connectivity index (χ1) is 14.7. The van der Waals surface area contributed by atoms with E-state index in [1.165, 1.54) is 63.6 Å². The zero-order chi connectivity index (χ0) is 23.0. The fourth-order valence-electron chi connectivity index (χ4n) is 2.40. The molecule has 2 rings (SSSR count). The highest BCUT2D eigenvalue weighted by atomic mass is 32.2. The number of hydrogen-bond donors (Lipinski definition) is 2. The molecule has 1 amide bonds. The molecule has 2 N–H and O–H groups in total. The van der Waals surface area contributed by atoms with Gasteiger partial charge in [-0.2, -0.15) is 4.72 Å². The van der Waals surface area contributed by atoms with Gasteiger partial charge in [-0.25, -0.2) is 13.2 Å². The molecule has 0 aliphatic rings. The molecule has 0 fully saturated rings. The topological polar surface area (TPSA) is 137 Å². The van der Waals surface area contributed by atoms with Crippen molar-refractivity contribution < 1.29 is 37.0 Å². The molecule has 0 heterocycles. The summed E-state index contributed by atoms with van der Waals surface area (Å²) in [5.74, 6) is -1.69. The van der Waals surface area contributed by atoms with Crippen molar-refractivity contribution in [3.63, 3.8) is 0 Å². The molecular formula is C20H22N2O8S. The first-order valence-electron chi connectivity index (χ1n) is 8.97. The van der Waals surface area contributed by atoms with Crippen LogP contribution in [0.5, 0.6) is 5.75 Å². The zero-order valence-corrected chi connectivity index (χ0v) is 17.9. The number of carbonyl (C=O) groups excluding carboxylic acids is 3. The van der Waals surface area contributed by atoms with E-state index >= 15 is 0 Å². The number of esters is 2. The average Bonchev–Trinajstić information content (AvgIpc) is 2.76. The monoisotopic (exact) mass is 450 g/mol. The molecule has 0 aliphatic heterocycles. The first kappa shape index (κ1) is 23.8. The van der Waals surface area contributed by atoms with Crippen LogP contribution in [0.3, 0.4) is 0 Å². The van der Waals surface area contributed by atoms with Crippen molar-refractivity contribution in [2.45, 2.75) is 17.9 Å². The van der Waals surface area contributed by atoms with Crippen LogP contribution in [0.2, 0.25) is 0 Å². The van der Waals surface area contributed by atoms with E-state index in [1.807, 2.05) is 0 Å². The van der Waals surface area contributed by atoms with E-state index in [2.05, 4.69) is 14.8 Å². The summed E-state index contributed by atoms with van der Waals surface area (Å²) in [7, 11) is -1.30. The van der Waals surface area contributed by atoms with Crippen molar-refractivity contribution in [3.8, 4) is 5.75 Å². The fraction of sp³-hybridized carbons (Fsp3) is 0.250. The predicted octanol–water partition coefficient (Wildman–Crippen LogP) is 1.33. The number of carbonyl (C=O) groups is 3. The lowest BCUT2D eigenvalue weighted by Crippen LogP contribution is -2.40. The van der Waals surface area contributed by atoms with E-state index in [1.54, 1.807) is 6.07 Å². The summed E-state index contributed by atoms with van der Waals surface area (Å²) in [4.78, 5) is 35.5. The van der Waals surface area contributed by atoms with Gasteiger partial charge in [0.2, 0.25) is 10.0 Å².